The van der Waals surface area contributed by atoms with Crippen LogP contribution in [-0.2, 0) is 19.4 Å². The Morgan fingerprint density at radius 3 is 2.42 bits per heavy atom. The van der Waals surface area contributed by atoms with Crippen molar-refractivity contribution in [1.82, 2.24) is 9.55 Å². The van der Waals surface area contributed by atoms with Crippen molar-refractivity contribution in [1.29, 1.82) is 0 Å². The van der Waals surface area contributed by atoms with Crippen LogP contribution in [0.3, 0.4) is 0 Å². The van der Waals surface area contributed by atoms with Crippen LogP contribution in [-0.4, -0.2) is 27.7 Å². The molecule has 5 rings (SSSR count). The molecule has 0 spiro atoms. The number of aromatic carboxylic acids is 1. The molecule has 0 saturated heterocycles. The van der Waals surface area contributed by atoms with Crippen molar-refractivity contribution in [3.05, 3.63) is 117 Å². The predicted molar refractivity (Wildman–Crippen MR) is 142 cm³/mol. The summed E-state index contributed by atoms with van der Waals surface area (Å²) in [6, 6.07) is 25.9. The number of benzene rings is 3. The molecule has 1 N–H and O–H groups in total. The summed E-state index contributed by atoms with van der Waals surface area (Å²) in [7, 11) is 1.63. The van der Waals surface area contributed by atoms with E-state index in [9.17, 15) is 14.7 Å². The van der Waals surface area contributed by atoms with E-state index in [2.05, 4.69) is 11.1 Å². The van der Waals surface area contributed by atoms with Crippen LogP contribution in [0.2, 0.25) is 0 Å². The number of pyridine rings is 1. The predicted octanol–water partition coefficient (Wildman–Crippen LogP) is 5.67. The van der Waals surface area contributed by atoms with Crippen LogP contribution >= 0.6 is 11.3 Å². The second-order valence-corrected chi connectivity index (χ2v) is 9.50. The molecule has 7 heteroatoms. The Morgan fingerprint density at radius 2 is 1.69 bits per heavy atom. The van der Waals surface area contributed by atoms with Gasteiger partial charge in [-0.3, -0.25) is 4.79 Å². The zero-order valence-electron chi connectivity index (χ0n) is 19.7. The van der Waals surface area contributed by atoms with Gasteiger partial charge in [0.05, 0.1) is 12.1 Å². The molecule has 0 amide bonds. The van der Waals surface area contributed by atoms with E-state index in [0.29, 0.717) is 17.8 Å². The van der Waals surface area contributed by atoms with Gasteiger partial charge in [0.25, 0.3) is 0 Å². The molecule has 0 radical (unpaired) electrons. The molecular weight excluding hydrogens is 472 g/mol. The van der Waals surface area contributed by atoms with Gasteiger partial charge < -0.3 is 14.4 Å². The van der Waals surface area contributed by atoms with Gasteiger partial charge in [-0.15, -0.1) is 11.3 Å². The first-order valence-corrected chi connectivity index (χ1v) is 12.4. The molecule has 5 aromatic rings. The number of fused-ring (bicyclic) bond motifs is 1. The van der Waals surface area contributed by atoms with E-state index >= 15 is 0 Å². The number of ether oxygens (including phenoxy) is 1. The smallest absolute Gasteiger partial charge is 0.341 e. The van der Waals surface area contributed by atoms with Crippen molar-refractivity contribution in [2.24, 2.45) is 0 Å². The third-order valence-electron chi connectivity index (χ3n) is 6.12. The topological polar surface area (TPSA) is 81.4 Å². The SMILES string of the molecule is COc1ccc(CCc2nc3c(=O)c(C(=O)O)cn(Cc4ccccc4-c4ccccc4)c3s2)cc1. The molecular formula is C29H24N2O4S. The fraction of sp³-hybridized carbons (Fsp3) is 0.138. The van der Waals surface area contributed by atoms with Crippen LogP contribution in [0.5, 0.6) is 5.75 Å². The molecule has 0 bridgehead atoms. The quantitative estimate of drug-likeness (QED) is 0.300. The fourth-order valence-corrected chi connectivity index (χ4v) is 5.29. The average Bonchev–Trinajstić information content (AvgIpc) is 3.35. The number of methoxy groups -OCH3 is 1. The molecule has 36 heavy (non-hydrogen) atoms. The summed E-state index contributed by atoms with van der Waals surface area (Å²) in [6.07, 6.45) is 2.84. The number of hydrogen-bond acceptors (Lipinski definition) is 5. The standard InChI is InChI=1S/C29H24N2O4S/c1-35-22-14-11-19(12-15-22)13-16-25-30-26-27(32)24(29(33)34)18-31(28(26)36-25)17-21-9-5-6-10-23(21)20-7-3-2-4-8-20/h2-12,14-15,18H,13,16-17H2,1H3,(H,33,34). The van der Waals surface area contributed by atoms with Crippen LogP contribution in [0.25, 0.3) is 21.5 Å². The molecule has 6 nitrogen and oxygen atoms in total. The van der Waals surface area contributed by atoms with E-state index in [4.69, 9.17) is 4.74 Å². The number of nitrogens with zero attached hydrogens (tertiary/aromatic N) is 2. The highest BCUT2D eigenvalue weighted by Gasteiger charge is 2.19. The lowest BCUT2D eigenvalue weighted by Gasteiger charge is -2.13. The molecule has 180 valence electrons. The van der Waals surface area contributed by atoms with Gasteiger partial charge in [-0.1, -0.05) is 66.7 Å². The van der Waals surface area contributed by atoms with Crippen molar-refractivity contribution in [3.8, 4) is 16.9 Å². The summed E-state index contributed by atoms with van der Waals surface area (Å²) >= 11 is 1.44. The Hall–Kier alpha value is -4.23. The second kappa shape index (κ2) is 10.2. The summed E-state index contributed by atoms with van der Waals surface area (Å²) in [5.41, 5.74) is 3.69. The number of aromatic nitrogens is 2. The van der Waals surface area contributed by atoms with Crippen LogP contribution in [0, 0.1) is 0 Å². The molecule has 0 aliphatic carbocycles. The first kappa shape index (κ1) is 23.5. The van der Waals surface area contributed by atoms with Crippen molar-refractivity contribution in [2.75, 3.05) is 7.11 Å². The summed E-state index contributed by atoms with van der Waals surface area (Å²) < 4.78 is 7.06. The summed E-state index contributed by atoms with van der Waals surface area (Å²) in [5, 5.41) is 10.5. The monoisotopic (exact) mass is 496 g/mol. The van der Waals surface area contributed by atoms with E-state index in [0.717, 1.165) is 39.4 Å². The number of hydrogen-bond donors (Lipinski definition) is 1. The van der Waals surface area contributed by atoms with Crippen LogP contribution in [0.15, 0.2) is 89.9 Å². The Kier molecular flexibility index (Phi) is 6.64. The summed E-state index contributed by atoms with van der Waals surface area (Å²) in [6.45, 7) is 0.419. The van der Waals surface area contributed by atoms with E-state index < -0.39 is 11.4 Å². The maximum absolute atomic E-state index is 13.0. The Balaban J connectivity index is 1.53. The van der Waals surface area contributed by atoms with Crippen molar-refractivity contribution in [2.45, 2.75) is 19.4 Å². The highest BCUT2D eigenvalue weighted by atomic mass is 32.1. The van der Waals surface area contributed by atoms with Gasteiger partial charge in [0.1, 0.15) is 21.7 Å². The first-order chi connectivity index (χ1) is 17.5. The number of rotatable bonds is 8. The highest BCUT2D eigenvalue weighted by Crippen LogP contribution is 2.27. The Morgan fingerprint density at radius 1 is 0.972 bits per heavy atom. The van der Waals surface area contributed by atoms with Gasteiger partial charge in [0, 0.05) is 19.2 Å². The molecule has 0 aliphatic rings. The van der Waals surface area contributed by atoms with Gasteiger partial charge in [-0.25, -0.2) is 9.78 Å². The van der Waals surface area contributed by atoms with Crippen LogP contribution in [0.4, 0.5) is 0 Å². The lowest BCUT2D eigenvalue weighted by Crippen LogP contribution is -2.19. The lowest BCUT2D eigenvalue weighted by molar-refractivity contribution is 0.0695. The zero-order chi connectivity index (χ0) is 25.1. The van der Waals surface area contributed by atoms with Gasteiger partial charge in [-0.2, -0.15) is 0 Å². The lowest BCUT2D eigenvalue weighted by atomic mass is 9.99. The zero-order valence-corrected chi connectivity index (χ0v) is 20.5. The molecule has 2 heterocycles. The minimum atomic E-state index is -1.25. The molecule has 0 aliphatic heterocycles. The maximum atomic E-state index is 13.0. The number of carboxylic acid groups (broad SMARTS) is 1. The van der Waals surface area contributed by atoms with Gasteiger partial charge in [0.15, 0.2) is 0 Å². The van der Waals surface area contributed by atoms with Crippen LogP contribution < -0.4 is 10.2 Å². The molecule has 0 atom stereocenters. The normalized spacial score (nSPS) is 11.0. The van der Waals surface area contributed by atoms with Gasteiger partial charge in [-0.05, 0) is 40.8 Å². The molecule has 3 aromatic carbocycles. The fourth-order valence-electron chi connectivity index (χ4n) is 4.26. The minimum absolute atomic E-state index is 0.210. The highest BCUT2D eigenvalue weighted by molar-refractivity contribution is 7.18. The summed E-state index contributed by atoms with van der Waals surface area (Å²) in [5.74, 6) is -0.451. The number of aryl methyl sites for hydroxylation is 2. The van der Waals surface area contributed by atoms with E-state index in [1.165, 1.54) is 17.5 Å². The molecule has 0 unspecified atom stereocenters. The summed E-state index contributed by atoms with van der Waals surface area (Å²) in [4.78, 5) is 30.1. The van der Waals surface area contributed by atoms with Crippen molar-refractivity contribution in [3.63, 3.8) is 0 Å². The maximum Gasteiger partial charge on any atom is 0.341 e. The molecule has 0 saturated carbocycles. The average molecular weight is 497 g/mol. The molecule has 2 aromatic heterocycles. The van der Waals surface area contributed by atoms with E-state index in [-0.39, 0.29) is 11.1 Å². The Labute approximate surface area is 212 Å². The van der Waals surface area contributed by atoms with Crippen molar-refractivity contribution >= 4 is 27.7 Å². The molecule has 0 fully saturated rings. The number of carbonyl (C=O) groups is 1. The number of thiazole rings is 1. The second-order valence-electron chi connectivity index (χ2n) is 8.44. The minimum Gasteiger partial charge on any atom is -0.497 e. The van der Waals surface area contributed by atoms with Gasteiger partial charge >= 0.3 is 5.97 Å². The van der Waals surface area contributed by atoms with Crippen molar-refractivity contribution < 1.29 is 14.6 Å². The van der Waals surface area contributed by atoms with E-state index in [1.54, 1.807) is 7.11 Å². The third kappa shape index (κ3) is 4.78. The first-order valence-electron chi connectivity index (χ1n) is 11.6. The van der Waals surface area contributed by atoms with Gasteiger partial charge in [0.2, 0.25) is 5.43 Å². The van der Waals surface area contributed by atoms with E-state index in [1.807, 2.05) is 77.4 Å². The largest absolute Gasteiger partial charge is 0.497 e. The number of carboxylic acids is 1. The Bertz CT molecular complexity index is 1590. The third-order valence-corrected chi connectivity index (χ3v) is 7.27. The van der Waals surface area contributed by atoms with Crippen LogP contribution in [0.1, 0.15) is 26.5 Å².